The Balaban J connectivity index is 1.75. The molecule has 2 aliphatic heterocycles. The van der Waals surface area contributed by atoms with Crippen molar-refractivity contribution in [2.45, 2.75) is 32.0 Å². The summed E-state index contributed by atoms with van der Waals surface area (Å²) in [6.07, 6.45) is 0.707. The molecule has 2 heterocycles. The number of thiocarbonyl (C=S) groups is 1. The number of fused-ring (bicyclic) bond motifs is 4. The van der Waals surface area contributed by atoms with Crippen LogP contribution in [0.15, 0.2) is 42.5 Å². The Labute approximate surface area is 157 Å². The number of esters is 1. The van der Waals surface area contributed by atoms with Gasteiger partial charge in [0.1, 0.15) is 5.75 Å². The number of anilines is 1. The van der Waals surface area contributed by atoms with Crippen molar-refractivity contribution in [3.8, 4) is 5.75 Å². The highest BCUT2D eigenvalue weighted by Gasteiger charge is 2.48. The lowest BCUT2D eigenvalue weighted by Gasteiger charge is -2.52. The number of nitrogens with one attached hydrogen (secondary N) is 1. The predicted molar refractivity (Wildman–Crippen MR) is 104 cm³/mol. The van der Waals surface area contributed by atoms with Crippen LogP contribution >= 0.6 is 12.2 Å². The van der Waals surface area contributed by atoms with Gasteiger partial charge >= 0.3 is 5.97 Å². The number of hydrogen-bond acceptors (Lipinski definition) is 4. The van der Waals surface area contributed by atoms with Crippen LogP contribution in [-0.4, -0.2) is 23.9 Å². The number of methoxy groups -OCH3 is 1. The molecule has 4 rings (SSSR count). The first-order valence-electron chi connectivity index (χ1n) is 8.50. The summed E-state index contributed by atoms with van der Waals surface area (Å²) >= 11 is 5.65. The van der Waals surface area contributed by atoms with E-state index in [9.17, 15) is 4.79 Å². The predicted octanol–water partition coefficient (Wildman–Crippen LogP) is 3.72. The van der Waals surface area contributed by atoms with E-state index in [0.717, 1.165) is 17.0 Å². The van der Waals surface area contributed by atoms with Gasteiger partial charge in [0, 0.05) is 17.7 Å². The van der Waals surface area contributed by atoms with Crippen LogP contribution in [-0.2, 0) is 4.74 Å². The molecule has 1 saturated heterocycles. The number of ether oxygens (including phenoxy) is 2. The fourth-order valence-corrected chi connectivity index (χ4v) is 4.14. The third-order valence-corrected chi connectivity index (χ3v) is 5.29. The highest BCUT2D eigenvalue weighted by Crippen LogP contribution is 2.45. The summed E-state index contributed by atoms with van der Waals surface area (Å²) in [6.45, 7) is 4.10. The second kappa shape index (κ2) is 5.99. The molecule has 2 aromatic carbocycles. The summed E-state index contributed by atoms with van der Waals surface area (Å²) in [5, 5.41) is 4.01. The van der Waals surface area contributed by atoms with Crippen molar-refractivity contribution >= 4 is 29.0 Å². The van der Waals surface area contributed by atoms with E-state index in [1.807, 2.05) is 36.1 Å². The summed E-state index contributed by atoms with van der Waals surface area (Å²) in [7, 11) is 1.38. The summed E-state index contributed by atoms with van der Waals surface area (Å²) in [5.41, 5.74) is 3.02. The number of hydrogen-bond donors (Lipinski definition) is 1. The van der Waals surface area contributed by atoms with Crippen LogP contribution in [0.1, 0.15) is 40.9 Å². The van der Waals surface area contributed by atoms with E-state index in [4.69, 9.17) is 21.7 Å². The van der Waals surface area contributed by atoms with Crippen LogP contribution in [0.2, 0.25) is 0 Å². The molecule has 2 aromatic rings. The number of carbonyl (C=O) groups excluding carboxylic acids is 1. The van der Waals surface area contributed by atoms with Crippen LogP contribution in [0.5, 0.6) is 5.75 Å². The number of nitrogens with zero attached hydrogens (tertiary/aromatic N) is 1. The van der Waals surface area contributed by atoms with Crippen molar-refractivity contribution in [3.63, 3.8) is 0 Å². The average molecular weight is 368 g/mol. The quantitative estimate of drug-likeness (QED) is 0.644. The van der Waals surface area contributed by atoms with Gasteiger partial charge in [-0.15, -0.1) is 0 Å². The number of rotatable bonds is 2. The fourth-order valence-electron chi connectivity index (χ4n) is 3.70. The maximum absolute atomic E-state index is 11.8. The molecule has 2 bridgehead atoms. The second-order valence-electron chi connectivity index (χ2n) is 6.90. The third kappa shape index (κ3) is 2.61. The van der Waals surface area contributed by atoms with Crippen molar-refractivity contribution in [1.29, 1.82) is 0 Å². The van der Waals surface area contributed by atoms with Gasteiger partial charge in [-0.3, -0.25) is 4.90 Å². The largest absolute Gasteiger partial charge is 0.467 e. The molecular formula is C20H20N2O3S. The minimum absolute atomic E-state index is 0.0115. The number of benzene rings is 2. The Hall–Kier alpha value is -2.60. The SMILES string of the molecule is COC(=O)c1ccc2c(c1)C1CC(C)(O2)N(c2ccc(C)cc2)C(=S)N1. The smallest absolute Gasteiger partial charge is 0.337 e. The van der Waals surface area contributed by atoms with E-state index in [1.54, 1.807) is 6.07 Å². The summed E-state index contributed by atoms with van der Waals surface area (Å²) < 4.78 is 11.2. The van der Waals surface area contributed by atoms with Gasteiger partial charge in [-0.05, 0) is 56.4 Å². The summed E-state index contributed by atoms with van der Waals surface area (Å²) in [6, 6.07) is 13.6. The van der Waals surface area contributed by atoms with Crippen molar-refractivity contribution < 1.29 is 14.3 Å². The molecule has 0 amide bonds. The highest BCUT2D eigenvalue weighted by atomic mass is 32.1. The monoisotopic (exact) mass is 368 g/mol. The highest BCUT2D eigenvalue weighted by molar-refractivity contribution is 7.80. The van der Waals surface area contributed by atoms with Crippen molar-refractivity contribution in [3.05, 3.63) is 59.2 Å². The van der Waals surface area contributed by atoms with Crippen molar-refractivity contribution in [2.24, 2.45) is 0 Å². The lowest BCUT2D eigenvalue weighted by molar-refractivity contribution is 0.0494. The molecule has 134 valence electrons. The van der Waals surface area contributed by atoms with Gasteiger partial charge in [-0.25, -0.2) is 4.79 Å². The van der Waals surface area contributed by atoms with Gasteiger partial charge in [0.15, 0.2) is 10.8 Å². The van der Waals surface area contributed by atoms with Gasteiger partial charge in [-0.1, -0.05) is 17.7 Å². The zero-order valence-corrected chi connectivity index (χ0v) is 15.7. The van der Waals surface area contributed by atoms with Crippen LogP contribution in [0.4, 0.5) is 5.69 Å². The average Bonchev–Trinajstić information content (AvgIpc) is 2.61. The second-order valence-corrected chi connectivity index (χ2v) is 7.29. The summed E-state index contributed by atoms with van der Waals surface area (Å²) in [4.78, 5) is 13.9. The first-order valence-corrected chi connectivity index (χ1v) is 8.91. The van der Waals surface area contributed by atoms with Gasteiger partial charge in [0.2, 0.25) is 0 Å². The van der Waals surface area contributed by atoms with Crippen LogP contribution < -0.4 is 15.0 Å². The van der Waals surface area contributed by atoms with E-state index >= 15 is 0 Å². The molecule has 26 heavy (non-hydrogen) atoms. The molecule has 2 aliphatic rings. The normalized spacial score (nSPS) is 23.6. The molecule has 2 atom stereocenters. The lowest BCUT2D eigenvalue weighted by atomic mass is 9.89. The molecule has 0 spiro atoms. The Kier molecular flexibility index (Phi) is 3.88. The minimum atomic E-state index is -0.595. The van der Waals surface area contributed by atoms with Gasteiger partial charge in [-0.2, -0.15) is 0 Å². The molecule has 0 saturated carbocycles. The lowest BCUT2D eigenvalue weighted by Crippen LogP contribution is -2.65. The molecule has 5 nitrogen and oxygen atoms in total. The number of carbonyl (C=O) groups is 1. The molecule has 0 aromatic heterocycles. The van der Waals surface area contributed by atoms with Crippen LogP contribution in [0.25, 0.3) is 0 Å². The molecule has 2 unspecified atom stereocenters. The van der Waals surface area contributed by atoms with Crippen LogP contribution in [0.3, 0.4) is 0 Å². The molecule has 6 heteroatoms. The van der Waals surface area contributed by atoms with Crippen LogP contribution in [0, 0.1) is 6.92 Å². The fraction of sp³-hybridized carbons (Fsp3) is 0.300. The van der Waals surface area contributed by atoms with Crippen molar-refractivity contribution in [1.82, 2.24) is 5.32 Å². The maximum atomic E-state index is 11.8. The van der Waals surface area contributed by atoms with E-state index in [2.05, 4.69) is 24.4 Å². The Morgan fingerprint density at radius 1 is 1.31 bits per heavy atom. The maximum Gasteiger partial charge on any atom is 0.337 e. The Morgan fingerprint density at radius 3 is 2.73 bits per heavy atom. The Bertz CT molecular complexity index is 896. The molecule has 1 N–H and O–H groups in total. The summed E-state index contributed by atoms with van der Waals surface area (Å²) in [5.74, 6) is 0.393. The topological polar surface area (TPSA) is 50.8 Å². The standard InChI is InChI=1S/C20H20N2O3S/c1-12-4-7-14(8-5-12)22-19(26)21-16-11-20(22,2)25-17-9-6-13(10-15(16)17)18(23)24-3/h4-10,16H,11H2,1-3H3,(H,21,26). The van der Waals surface area contributed by atoms with E-state index in [0.29, 0.717) is 17.1 Å². The van der Waals surface area contributed by atoms with E-state index in [1.165, 1.54) is 12.7 Å². The first kappa shape index (κ1) is 16.8. The molecule has 1 fully saturated rings. The van der Waals surface area contributed by atoms with E-state index < -0.39 is 5.72 Å². The third-order valence-electron chi connectivity index (χ3n) is 4.98. The molecule has 0 radical (unpaired) electrons. The van der Waals surface area contributed by atoms with Crippen molar-refractivity contribution in [2.75, 3.05) is 12.0 Å². The number of aryl methyl sites for hydroxylation is 1. The first-order chi connectivity index (χ1) is 12.4. The van der Waals surface area contributed by atoms with Gasteiger partial charge in [0.05, 0.1) is 18.7 Å². The molecular weight excluding hydrogens is 348 g/mol. The van der Waals surface area contributed by atoms with Gasteiger partial charge in [0.25, 0.3) is 0 Å². The minimum Gasteiger partial charge on any atom is -0.467 e. The zero-order valence-electron chi connectivity index (χ0n) is 14.9. The Morgan fingerprint density at radius 2 is 2.04 bits per heavy atom. The molecule has 0 aliphatic carbocycles. The van der Waals surface area contributed by atoms with Gasteiger partial charge < -0.3 is 14.8 Å². The van der Waals surface area contributed by atoms with E-state index in [-0.39, 0.29) is 12.0 Å². The zero-order chi connectivity index (χ0) is 18.5.